The molecular formula is C17H16FN3O4S2. The minimum Gasteiger partial charge on any atom is -0.207 e. The Morgan fingerprint density at radius 3 is 2.04 bits per heavy atom. The first-order valence-electron chi connectivity index (χ1n) is 8.02. The number of benzene rings is 2. The van der Waals surface area contributed by atoms with Crippen molar-refractivity contribution in [3.63, 3.8) is 0 Å². The molecule has 0 N–H and O–H groups in total. The Labute approximate surface area is 157 Å². The third-order valence-corrected chi connectivity index (χ3v) is 8.11. The van der Waals surface area contributed by atoms with E-state index in [1.165, 1.54) is 30.3 Å². The molecule has 2 aromatic carbocycles. The van der Waals surface area contributed by atoms with Gasteiger partial charge in [-0.15, -0.1) is 0 Å². The molecule has 1 saturated heterocycles. The quantitative estimate of drug-likeness (QED) is 0.760. The third kappa shape index (κ3) is 3.72. The molecule has 142 valence electrons. The van der Waals surface area contributed by atoms with Crippen LogP contribution in [0.1, 0.15) is 5.56 Å². The van der Waals surface area contributed by atoms with Crippen molar-refractivity contribution in [3.8, 4) is 6.07 Å². The standard InChI is InChI=1S/C17H16FN3O4S2/c18-15-5-3-6-16(12-15)26(22,23)20-8-10-21(11-9-20)27(24,25)17-7-2-1-4-14(17)13-19/h1-7,12H,8-11H2. The molecule has 10 heteroatoms. The number of hydrogen-bond donors (Lipinski definition) is 0. The summed E-state index contributed by atoms with van der Waals surface area (Å²) >= 11 is 0. The molecule has 0 saturated carbocycles. The van der Waals surface area contributed by atoms with E-state index < -0.39 is 25.9 Å². The molecule has 2 aromatic rings. The zero-order valence-electron chi connectivity index (χ0n) is 14.1. The van der Waals surface area contributed by atoms with Crippen molar-refractivity contribution in [1.82, 2.24) is 8.61 Å². The van der Waals surface area contributed by atoms with Crippen molar-refractivity contribution in [1.29, 1.82) is 5.26 Å². The number of piperazine rings is 1. The Hall–Kier alpha value is -2.32. The van der Waals surface area contributed by atoms with Crippen molar-refractivity contribution >= 4 is 20.0 Å². The highest BCUT2D eigenvalue weighted by Crippen LogP contribution is 2.23. The molecule has 7 nitrogen and oxygen atoms in total. The van der Waals surface area contributed by atoms with E-state index >= 15 is 0 Å². The van der Waals surface area contributed by atoms with E-state index in [1.807, 2.05) is 6.07 Å². The van der Waals surface area contributed by atoms with Crippen LogP contribution in [0.15, 0.2) is 58.3 Å². The van der Waals surface area contributed by atoms with E-state index in [4.69, 9.17) is 5.26 Å². The van der Waals surface area contributed by atoms with Gasteiger partial charge in [-0.1, -0.05) is 18.2 Å². The summed E-state index contributed by atoms with van der Waals surface area (Å²) in [6.45, 7) is -0.243. The molecule has 0 aliphatic carbocycles. The van der Waals surface area contributed by atoms with Gasteiger partial charge in [0.2, 0.25) is 20.0 Å². The summed E-state index contributed by atoms with van der Waals surface area (Å²) < 4.78 is 66.4. The number of halogens is 1. The van der Waals surface area contributed by atoms with Crippen LogP contribution in [0.25, 0.3) is 0 Å². The van der Waals surface area contributed by atoms with E-state index in [1.54, 1.807) is 6.07 Å². The lowest BCUT2D eigenvalue weighted by Gasteiger charge is -2.33. The molecule has 0 amide bonds. The van der Waals surface area contributed by atoms with Crippen LogP contribution in [0, 0.1) is 17.1 Å². The van der Waals surface area contributed by atoms with E-state index in [0.29, 0.717) is 0 Å². The molecule has 0 unspecified atom stereocenters. The lowest BCUT2D eigenvalue weighted by atomic mass is 10.2. The van der Waals surface area contributed by atoms with E-state index in [2.05, 4.69) is 0 Å². The maximum absolute atomic E-state index is 13.3. The Morgan fingerprint density at radius 1 is 0.852 bits per heavy atom. The van der Waals surface area contributed by atoms with Gasteiger partial charge in [-0.2, -0.15) is 13.9 Å². The van der Waals surface area contributed by atoms with Crippen LogP contribution in [-0.2, 0) is 20.0 Å². The maximum Gasteiger partial charge on any atom is 0.244 e. The zero-order valence-corrected chi connectivity index (χ0v) is 15.7. The van der Waals surface area contributed by atoms with Crippen LogP contribution in [-0.4, -0.2) is 51.6 Å². The fourth-order valence-corrected chi connectivity index (χ4v) is 5.87. The molecular weight excluding hydrogens is 393 g/mol. The van der Waals surface area contributed by atoms with E-state index in [9.17, 15) is 21.2 Å². The van der Waals surface area contributed by atoms with Gasteiger partial charge in [-0.25, -0.2) is 21.2 Å². The number of rotatable bonds is 4. The first kappa shape index (κ1) is 19.4. The molecule has 1 fully saturated rings. The summed E-state index contributed by atoms with van der Waals surface area (Å²) in [5.41, 5.74) is 0.0345. The summed E-state index contributed by atoms with van der Waals surface area (Å²) in [5, 5.41) is 9.13. The van der Waals surface area contributed by atoms with Crippen molar-refractivity contribution in [3.05, 3.63) is 59.9 Å². The van der Waals surface area contributed by atoms with Gasteiger partial charge in [-0.3, -0.25) is 0 Å². The number of sulfonamides is 2. The molecule has 0 bridgehead atoms. The molecule has 0 spiro atoms. The Bertz CT molecular complexity index is 1100. The van der Waals surface area contributed by atoms with Gasteiger partial charge in [0.25, 0.3) is 0 Å². The van der Waals surface area contributed by atoms with Gasteiger partial charge < -0.3 is 0 Å². The third-order valence-electron chi connectivity index (χ3n) is 4.26. The largest absolute Gasteiger partial charge is 0.244 e. The van der Waals surface area contributed by atoms with Crippen molar-refractivity contribution in [2.24, 2.45) is 0 Å². The highest BCUT2D eigenvalue weighted by molar-refractivity contribution is 7.89. The van der Waals surface area contributed by atoms with Crippen LogP contribution >= 0.6 is 0 Å². The van der Waals surface area contributed by atoms with Crippen LogP contribution in [0.5, 0.6) is 0 Å². The summed E-state index contributed by atoms with van der Waals surface area (Å²) in [4.78, 5) is -0.275. The second-order valence-corrected chi connectivity index (χ2v) is 9.72. The predicted octanol–water partition coefficient (Wildman–Crippen LogP) is 1.39. The zero-order chi connectivity index (χ0) is 19.7. The smallest absolute Gasteiger partial charge is 0.207 e. The molecule has 0 atom stereocenters. The van der Waals surface area contributed by atoms with Gasteiger partial charge in [0.15, 0.2) is 0 Å². The van der Waals surface area contributed by atoms with Gasteiger partial charge in [0, 0.05) is 26.2 Å². The van der Waals surface area contributed by atoms with Gasteiger partial charge in [0.1, 0.15) is 11.9 Å². The first-order valence-corrected chi connectivity index (χ1v) is 10.9. The summed E-state index contributed by atoms with van der Waals surface area (Å²) in [6, 6.07) is 12.4. The predicted molar refractivity (Wildman–Crippen MR) is 95.1 cm³/mol. The molecule has 1 aliphatic rings. The van der Waals surface area contributed by atoms with Crippen LogP contribution in [0.4, 0.5) is 4.39 Å². The fraction of sp³-hybridized carbons (Fsp3) is 0.235. The lowest BCUT2D eigenvalue weighted by molar-refractivity contribution is 0.272. The maximum atomic E-state index is 13.3. The topological polar surface area (TPSA) is 98.5 Å². The lowest BCUT2D eigenvalue weighted by Crippen LogP contribution is -2.50. The summed E-state index contributed by atoms with van der Waals surface area (Å²) in [6.07, 6.45) is 0. The summed E-state index contributed by atoms with van der Waals surface area (Å²) in [5.74, 6) is -0.662. The first-order chi connectivity index (χ1) is 12.8. The van der Waals surface area contributed by atoms with Crippen LogP contribution in [0.3, 0.4) is 0 Å². The summed E-state index contributed by atoms with van der Waals surface area (Å²) in [7, 11) is -7.83. The Balaban J connectivity index is 1.80. The number of nitrogens with zero attached hydrogens (tertiary/aromatic N) is 3. The van der Waals surface area contributed by atoms with Crippen LogP contribution < -0.4 is 0 Å². The highest BCUT2D eigenvalue weighted by Gasteiger charge is 2.34. The second kappa shape index (κ2) is 7.36. The molecule has 0 radical (unpaired) electrons. The molecule has 3 rings (SSSR count). The van der Waals surface area contributed by atoms with Crippen molar-refractivity contribution < 1.29 is 21.2 Å². The Kier molecular flexibility index (Phi) is 5.30. The number of hydrogen-bond acceptors (Lipinski definition) is 5. The fourth-order valence-electron chi connectivity index (χ4n) is 2.85. The normalized spacial score (nSPS) is 16.7. The minimum absolute atomic E-state index is 0.0345. The van der Waals surface area contributed by atoms with Crippen molar-refractivity contribution in [2.75, 3.05) is 26.2 Å². The van der Waals surface area contributed by atoms with E-state index in [-0.39, 0.29) is 41.5 Å². The van der Waals surface area contributed by atoms with Gasteiger partial charge >= 0.3 is 0 Å². The minimum atomic E-state index is -3.92. The van der Waals surface area contributed by atoms with E-state index in [0.717, 1.165) is 20.7 Å². The SMILES string of the molecule is N#Cc1ccccc1S(=O)(=O)N1CCN(S(=O)(=O)c2cccc(F)c2)CC1. The van der Waals surface area contributed by atoms with Crippen LogP contribution in [0.2, 0.25) is 0 Å². The van der Waals surface area contributed by atoms with Gasteiger partial charge in [-0.05, 0) is 30.3 Å². The average Bonchev–Trinajstić information content (AvgIpc) is 2.68. The van der Waals surface area contributed by atoms with Gasteiger partial charge in [0.05, 0.1) is 15.4 Å². The van der Waals surface area contributed by atoms with Crippen molar-refractivity contribution in [2.45, 2.75) is 9.79 Å². The second-order valence-electron chi connectivity index (χ2n) is 5.87. The molecule has 1 aliphatic heterocycles. The number of nitriles is 1. The average molecular weight is 409 g/mol. The Morgan fingerprint density at radius 2 is 1.44 bits per heavy atom. The monoisotopic (exact) mass is 409 g/mol. The molecule has 0 aromatic heterocycles. The highest BCUT2D eigenvalue weighted by atomic mass is 32.2. The molecule has 1 heterocycles. The molecule has 27 heavy (non-hydrogen) atoms.